The Morgan fingerprint density at radius 1 is 1.11 bits per heavy atom. The number of non-ortho nitro benzene ring substituents is 1. The van der Waals surface area contributed by atoms with E-state index in [1.807, 2.05) is 35.8 Å². The molecule has 2 aromatic carbocycles. The summed E-state index contributed by atoms with van der Waals surface area (Å²) in [6.07, 6.45) is 1.18. The van der Waals surface area contributed by atoms with Gasteiger partial charge in [0.05, 0.1) is 10.6 Å². The Morgan fingerprint density at radius 2 is 1.74 bits per heavy atom. The second kappa shape index (κ2) is 8.99. The van der Waals surface area contributed by atoms with Crippen LogP contribution in [-0.4, -0.2) is 23.8 Å². The van der Waals surface area contributed by atoms with Crippen LogP contribution in [0.4, 0.5) is 11.4 Å². The minimum Gasteiger partial charge on any atom is -0.336 e. The van der Waals surface area contributed by atoms with Gasteiger partial charge in [0.2, 0.25) is 0 Å². The number of hydrogen-bond donors (Lipinski definition) is 2. The van der Waals surface area contributed by atoms with Gasteiger partial charge < -0.3 is 10.3 Å². The normalized spacial score (nSPS) is 10.7. The van der Waals surface area contributed by atoms with Gasteiger partial charge in [-0.1, -0.05) is 18.2 Å². The molecule has 2 aromatic rings. The second-order valence-corrected chi connectivity index (χ2v) is 5.49. The fourth-order valence-corrected chi connectivity index (χ4v) is 2.11. The molecule has 9 nitrogen and oxygen atoms in total. The number of hydroxylamine groups is 1. The highest BCUT2D eigenvalue weighted by Crippen LogP contribution is 2.12. The molecule has 0 atom stereocenters. The first kappa shape index (κ1) is 19.4. The van der Waals surface area contributed by atoms with Gasteiger partial charge in [-0.2, -0.15) is 5.48 Å². The van der Waals surface area contributed by atoms with Crippen LogP contribution in [0.3, 0.4) is 0 Å². The third kappa shape index (κ3) is 5.85. The van der Waals surface area contributed by atoms with Crippen LogP contribution in [-0.2, 0) is 9.63 Å². The van der Waals surface area contributed by atoms with Gasteiger partial charge in [0.15, 0.2) is 0 Å². The number of carbonyl (C=O) groups is 2. The van der Waals surface area contributed by atoms with Crippen LogP contribution in [0, 0.1) is 10.1 Å². The van der Waals surface area contributed by atoms with Crippen molar-refractivity contribution in [2.75, 3.05) is 12.1 Å². The summed E-state index contributed by atoms with van der Waals surface area (Å²) in [5, 5.41) is 12.3. The minimum absolute atomic E-state index is 0.121. The van der Waals surface area contributed by atoms with E-state index in [-0.39, 0.29) is 11.3 Å². The van der Waals surface area contributed by atoms with Crippen molar-refractivity contribution in [3.63, 3.8) is 0 Å². The summed E-state index contributed by atoms with van der Waals surface area (Å²) in [4.78, 5) is 38.4. The fourth-order valence-electron chi connectivity index (χ4n) is 2.11. The SMILES string of the molecule is CC(=CC(=O)ONC(=O)c1ccc([N+](=O)[O-])cc1)NN(C)c1ccccc1. The monoisotopic (exact) mass is 370 g/mol. The molecule has 1 amide bonds. The number of carbonyl (C=O) groups excluding carboxylic acids is 2. The molecule has 0 bridgehead atoms. The number of nitro groups is 1. The second-order valence-electron chi connectivity index (χ2n) is 5.49. The maximum absolute atomic E-state index is 11.9. The van der Waals surface area contributed by atoms with E-state index in [4.69, 9.17) is 0 Å². The quantitative estimate of drug-likeness (QED) is 0.456. The lowest BCUT2D eigenvalue weighted by Crippen LogP contribution is -2.33. The van der Waals surface area contributed by atoms with Crippen molar-refractivity contribution < 1.29 is 19.3 Å². The zero-order valence-electron chi connectivity index (χ0n) is 14.7. The molecule has 2 N–H and O–H groups in total. The molecule has 0 aliphatic carbocycles. The molecule has 0 aliphatic rings. The van der Waals surface area contributed by atoms with E-state index in [0.717, 1.165) is 5.69 Å². The van der Waals surface area contributed by atoms with Crippen LogP contribution in [0.1, 0.15) is 17.3 Å². The first-order valence-electron chi connectivity index (χ1n) is 7.86. The highest BCUT2D eigenvalue weighted by Gasteiger charge is 2.11. The molecular weight excluding hydrogens is 352 g/mol. The Labute approximate surface area is 155 Å². The van der Waals surface area contributed by atoms with Gasteiger partial charge in [0, 0.05) is 36.5 Å². The van der Waals surface area contributed by atoms with E-state index >= 15 is 0 Å². The average Bonchev–Trinajstić information content (AvgIpc) is 2.66. The van der Waals surface area contributed by atoms with E-state index in [2.05, 4.69) is 10.3 Å². The molecule has 0 fully saturated rings. The lowest BCUT2D eigenvalue weighted by atomic mass is 10.2. The standard InChI is InChI=1S/C18H18N4O5/c1-13(19-21(2)15-6-4-3-5-7-15)12-17(23)27-20-18(24)14-8-10-16(11-9-14)22(25)26/h3-12,19H,1-2H3,(H,20,24). The van der Waals surface area contributed by atoms with Crippen LogP contribution in [0.2, 0.25) is 0 Å². The van der Waals surface area contributed by atoms with E-state index in [1.165, 1.54) is 30.3 Å². The summed E-state index contributed by atoms with van der Waals surface area (Å²) in [5.41, 5.74) is 6.34. The van der Waals surface area contributed by atoms with Gasteiger partial charge in [0.1, 0.15) is 0 Å². The smallest absolute Gasteiger partial charge is 0.336 e. The highest BCUT2D eigenvalue weighted by atomic mass is 16.7. The van der Waals surface area contributed by atoms with Gasteiger partial charge in [-0.05, 0) is 31.2 Å². The fraction of sp³-hybridized carbons (Fsp3) is 0.111. The maximum atomic E-state index is 11.9. The summed E-state index contributed by atoms with van der Waals surface area (Å²) in [6, 6.07) is 14.3. The third-order valence-corrected chi connectivity index (χ3v) is 3.41. The van der Waals surface area contributed by atoms with Crippen molar-refractivity contribution in [3.8, 4) is 0 Å². The third-order valence-electron chi connectivity index (χ3n) is 3.41. The van der Waals surface area contributed by atoms with E-state index in [0.29, 0.717) is 5.70 Å². The van der Waals surface area contributed by atoms with Crippen LogP contribution < -0.4 is 15.9 Å². The van der Waals surface area contributed by atoms with Crippen molar-refractivity contribution in [3.05, 3.63) is 82.0 Å². The van der Waals surface area contributed by atoms with Gasteiger partial charge in [-0.3, -0.25) is 19.9 Å². The zero-order valence-corrected chi connectivity index (χ0v) is 14.7. The summed E-state index contributed by atoms with van der Waals surface area (Å²) < 4.78 is 0. The Kier molecular flexibility index (Phi) is 6.48. The number of para-hydroxylation sites is 1. The molecule has 0 aromatic heterocycles. The number of nitrogens with zero attached hydrogens (tertiary/aromatic N) is 2. The highest BCUT2D eigenvalue weighted by molar-refractivity contribution is 5.95. The van der Waals surface area contributed by atoms with E-state index < -0.39 is 16.8 Å². The van der Waals surface area contributed by atoms with Crippen molar-refractivity contribution in [1.29, 1.82) is 0 Å². The average molecular weight is 370 g/mol. The molecular formula is C18H18N4O5. The molecule has 0 aliphatic heterocycles. The number of rotatable bonds is 6. The van der Waals surface area contributed by atoms with Crippen molar-refractivity contribution in [2.45, 2.75) is 6.92 Å². The lowest BCUT2D eigenvalue weighted by Gasteiger charge is -2.21. The summed E-state index contributed by atoms with van der Waals surface area (Å²) in [7, 11) is 1.79. The summed E-state index contributed by atoms with van der Waals surface area (Å²) >= 11 is 0. The number of benzene rings is 2. The number of anilines is 1. The number of nitro benzene ring substituents is 1. The Hall–Kier alpha value is -3.88. The van der Waals surface area contributed by atoms with E-state index in [9.17, 15) is 19.7 Å². The molecule has 27 heavy (non-hydrogen) atoms. The van der Waals surface area contributed by atoms with Crippen LogP contribution in [0.25, 0.3) is 0 Å². The molecule has 0 spiro atoms. The van der Waals surface area contributed by atoms with E-state index in [1.54, 1.807) is 19.0 Å². The maximum Gasteiger partial charge on any atom is 0.357 e. The van der Waals surface area contributed by atoms with Crippen LogP contribution >= 0.6 is 0 Å². The molecule has 0 saturated heterocycles. The molecule has 0 unspecified atom stereocenters. The number of allylic oxidation sites excluding steroid dienone is 1. The molecule has 0 radical (unpaired) electrons. The van der Waals surface area contributed by atoms with Crippen molar-refractivity contribution in [2.24, 2.45) is 0 Å². The number of hydrogen-bond acceptors (Lipinski definition) is 7. The van der Waals surface area contributed by atoms with Gasteiger partial charge in [-0.15, -0.1) is 0 Å². The minimum atomic E-state index is -0.781. The first-order valence-corrected chi connectivity index (χ1v) is 7.86. The topological polar surface area (TPSA) is 114 Å². The summed E-state index contributed by atoms with van der Waals surface area (Å²) in [6.45, 7) is 1.67. The first-order chi connectivity index (χ1) is 12.9. The predicted molar refractivity (Wildman–Crippen MR) is 98.4 cm³/mol. The van der Waals surface area contributed by atoms with Gasteiger partial charge in [-0.25, -0.2) is 4.79 Å². The molecule has 9 heteroatoms. The van der Waals surface area contributed by atoms with Gasteiger partial charge in [0.25, 0.3) is 11.6 Å². The number of hydrazine groups is 1. The molecule has 140 valence electrons. The Balaban J connectivity index is 1.86. The predicted octanol–water partition coefficient (Wildman–Crippen LogP) is 2.33. The van der Waals surface area contributed by atoms with Gasteiger partial charge >= 0.3 is 5.97 Å². The molecule has 2 rings (SSSR count). The van der Waals surface area contributed by atoms with Crippen LogP contribution in [0.15, 0.2) is 66.4 Å². The molecule has 0 saturated carbocycles. The van der Waals surface area contributed by atoms with Crippen molar-refractivity contribution >= 4 is 23.3 Å². The Bertz CT molecular complexity index is 850. The number of nitrogens with one attached hydrogen (secondary N) is 2. The van der Waals surface area contributed by atoms with Crippen molar-refractivity contribution in [1.82, 2.24) is 10.9 Å². The van der Waals surface area contributed by atoms with Crippen LogP contribution in [0.5, 0.6) is 0 Å². The largest absolute Gasteiger partial charge is 0.357 e. The Morgan fingerprint density at radius 3 is 2.33 bits per heavy atom. The molecule has 0 heterocycles. The lowest BCUT2D eigenvalue weighted by molar-refractivity contribution is -0.384. The summed E-state index contributed by atoms with van der Waals surface area (Å²) in [5.74, 6) is -1.48. The number of amides is 1. The zero-order chi connectivity index (χ0) is 19.8.